The van der Waals surface area contributed by atoms with Gasteiger partial charge in [-0.1, -0.05) is 0 Å². The zero-order valence-electron chi connectivity index (χ0n) is 24.0. The molecule has 0 radical (unpaired) electrons. The first kappa shape index (κ1) is 36.1. The maximum absolute atomic E-state index is 11.4. The molecule has 3 fully saturated rings. The number of nitrogens with zero attached hydrogens (tertiary/aromatic N) is 4. The number of aliphatic hydroxyl groups excluding tert-OH is 7. The highest BCUT2D eigenvalue weighted by molar-refractivity contribution is 5.77. The molecule has 0 aromatic rings. The van der Waals surface area contributed by atoms with Crippen LogP contribution in [0.15, 0.2) is 20.0 Å². The van der Waals surface area contributed by atoms with Gasteiger partial charge >= 0.3 is 0 Å². The monoisotopic (exact) mass is 652 g/mol. The third-order valence-electron chi connectivity index (χ3n) is 7.40. The Balaban J connectivity index is 2.08. The summed E-state index contributed by atoms with van der Waals surface area (Å²) in [6.45, 7) is -1.12. The van der Waals surface area contributed by atoms with Crippen LogP contribution in [0.2, 0.25) is 0 Å². The molecule has 3 rings (SSSR count). The van der Waals surface area contributed by atoms with E-state index in [1.165, 1.54) is 0 Å². The van der Waals surface area contributed by atoms with E-state index >= 15 is 0 Å². The summed E-state index contributed by atoms with van der Waals surface area (Å²) in [6.07, 6.45) is -19.8. The fraction of sp³-hybridized carbons (Fsp3) is 0.818. The Hall–Kier alpha value is -3.36. The first-order valence-corrected chi connectivity index (χ1v) is 13.7. The van der Waals surface area contributed by atoms with Crippen molar-refractivity contribution in [3.63, 3.8) is 0 Å². The molecule has 2 heterocycles. The molecule has 2 aliphatic heterocycles. The average molecular weight is 653 g/mol. The number of nitrogens with two attached hydrogens (primary N) is 8. The lowest BCUT2D eigenvalue weighted by atomic mass is 9.83. The Morgan fingerprint density at radius 2 is 1.11 bits per heavy atom. The molecule has 0 unspecified atom stereocenters. The smallest absolute Gasteiger partial charge is 0.187 e. The fourth-order valence-electron chi connectivity index (χ4n) is 5.29. The van der Waals surface area contributed by atoms with E-state index in [4.69, 9.17) is 64.8 Å². The lowest BCUT2D eigenvalue weighted by Crippen LogP contribution is -2.66. The van der Waals surface area contributed by atoms with E-state index in [9.17, 15) is 35.7 Å². The van der Waals surface area contributed by atoms with Gasteiger partial charge in [-0.15, -0.1) is 0 Å². The highest BCUT2D eigenvalue weighted by atomic mass is 16.7. The first-order chi connectivity index (χ1) is 21.0. The van der Waals surface area contributed by atoms with E-state index in [2.05, 4.69) is 20.0 Å². The van der Waals surface area contributed by atoms with Gasteiger partial charge in [0.05, 0.1) is 25.2 Å². The second-order valence-corrected chi connectivity index (χ2v) is 10.7. The van der Waals surface area contributed by atoms with Crippen molar-refractivity contribution in [3.8, 4) is 0 Å². The lowest BCUT2D eigenvalue weighted by molar-refractivity contribution is -0.341. The number of aliphatic hydroxyl groups is 7. The largest absolute Gasteiger partial charge is 0.394 e. The summed E-state index contributed by atoms with van der Waals surface area (Å²) in [6, 6.07) is -3.77. The van der Waals surface area contributed by atoms with Crippen molar-refractivity contribution in [2.45, 2.75) is 98.2 Å². The van der Waals surface area contributed by atoms with Gasteiger partial charge in [-0.25, -0.2) is 15.0 Å². The van der Waals surface area contributed by atoms with Crippen LogP contribution in [0.3, 0.4) is 0 Å². The van der Waals surface area contributed by atoms with Gasteiger partial charge in [0.2, 0.25) is 0 Å². The summed E-state index contributed by atoms with van der Waals surface area (Å²) in [5.74, 6) is -1.72. The number of guanidine groups is 4. The van der Waals surface area contributed by atoms with Gasteiger partial charge in [0.25, 0.3) is 0 Å². The van der Waals surface area contributed by atoms with E-state index < -0.39 is 116 Å². The zero-order chi connectivity index (χ0) is 33.7. The Labute approximate surface area is 256 Å². The molecule has 15 atom stereocenters. The van der Waals surface area contributed by atoms with Crippen molar-refractivity contribution in [2.75, 3.05) is 13.2 Å². The molecule has 2 saturated heterocycles. The molecule has 23 heteroatoms. The van der Waals surface area contributed by atoms with Gasteiger partial charge in [0.15, 0.2) is 36.4 Å². The summed E-state index contributed by atoms with van der Waals surface area (Å²) < 4.78 is 23.4. The second kappa shape index (κ2) is 15.3. The summed E-state index contributed by atoms with van der Waals surface area (Å²) in [5.41, 5.74) is 44.4. The van der Waals surface area contributed by atoms with Crippen molar-refractivity contribution < 1.29 is 54.7 Å². The normalized spacial score (nSPS) is 41.8. The van der Waals surface area contributed by atoms with Crippen LogP contribution in [0.1, 0.15) is 6.42 Å². The van der Waals surface area contributed by atoms with E-state index in [-0.39, 0.29) is 18.9 Å². The molecule has 3 aliphatic rings. The minimum absolute atomic E-state index is 0.168. The van der Waals surface area contributed by atoms with Crippen LogP contribution in [-0.2, 0) is 18.9 Å². The SMILES string of the molecule is NC(N)=NC[C@H]1O[C@H](O[C@H]2[C@H](O[C@@H]3O[C@H](CO)[C@@H](O)[C@H](O)[C@H]3O)[C@@H](O)[C@H](N=C(N)N)C[C@@H]2N=C(N)N)[C@H](N=C(N)N)[C@@H](O)[C@@H]1O. The third-order valence-corrected chi connectivity index (χ3v) is 7.40. The van der Waals surface area contributed by atoms with E-state index in [0.29, 0.717) is 0 Å². The average Bonchev–Trinajstić information content (AvgIpc) is 2.95. The molecular formula is C22H44N12O11. The van der Waals surface area contributed by atoms with E-state index in [1.807, 2.05) is 0 Å². The van der Waals surface area contributed by atoms with Crippen LogP contribution >= 0.6 is 0 Å². The van der Waals surface area contributed by atoms with Crippen LogP contribution in [0, 0.1) is 0 Å². The first-order valence-electron chi connectivity index (χ1n) is 13.7. The lowest BCUT2D eigenvalue weighted by Gasteiger charge is -2.48. The van der Waals surface area contributed by atoms with Gasteiger partial charge in [0.1, 0.15) is 67.1 Å². The Morgan fingerprint density at radius 3 is 1.67 bits per heavy atom. The molecule has 0 bridgehead atoms. The van der Waals surface area contributed by atoms with Gasteiger partial charge < -0.3 is 101 Å². The van der Waals surface area contributed by atoms with Crippen LogP contribution in [-0.4, -0.2) is 164 Å². The van der Waals surface area contributed by atoms with Gasteiger partial charge in [0, 0.05) is 0 Å². The zero-order valence-corrected chi connectivity index (χ0v) is 24.0. The number of rotatable bonds is 10. The molecule has 0 spiro atoms. The predicted molar refractivity (Wildman–Crippen MR) is 154 cm³/mol. The quantitative estimate of drug-likeness (QED) is 0.0769. The standard InChI is InChI=1S/C22H44N12O11/c23-19(24)31-2-6-10(37)12(39)8(34-22(29)30)17(42-6)44-15-5(33-21(27)28)1-4(32-20(25)26)9(36)16(15)45-18-14(41)13(40)11(38)7(3-35)43-18/h4-18,35-41H,1-3H2,(H4,23,24,31)(H4,25,26,32)(H4,27,28,33)(H4,29,30,34)/t4-,5+,6-,7-,8-,9+,10-,11-,12-,13+,14-,15-,16-,17-,18+/m1/s1. The number of hydrogen-bond acceptors (Lipinski definition) is 15. The van der Waals surface area contributed by atoms with Crippen molar-refractivity contribution in [3.05, 3.63) is 0 Å². The van der Waals surface area contributed by atoms with Crippen molar-refractivity contribution in [1.29, 1.82) is 0 Å². The molecule has 0 amide bonds. The van der Waals surface area contributed by atoms with Crippen molar-refractivity contribution in [1.82, 2.24) is 0 Å². The van der Waals surface area contributed by atoms with Crippen LogP contribution < -0.4 is 45.9 Å². The Morgan fingerprint density at radius 1 is 0.578 bits per heavy atom. The van der Waals surface area contributed by atoms with Gasteiger partial charge in [-0.3, -0.25) is 4.99 Å². The molecular weight excluding hydrogens is 608 g/mol. The molecule has 1 aliphatic carbocycles. The molecule has 0 aromatic heterocycles. The minimum Gasteiger partial charge on any atom is -0.394 e. The Kier molecular flexibility index (Phi) is 12.3. The topological polar surface area (TPSA) is 436 Å². The third kappa shape index (κ3) is 8.67. The van der Waals surface area contributed by atoms with Crippen LogP contribution in [0.4, 0.5) is 0 Å². The van der Waals surface area contributed by atoms with Crippen molar-refractivity contribution >= 4 is 23.8 Å². The molecule has 1 saturated carbocycles. The maximum Gasteiger partial charge on any atom is 0.187 e. The molecule has 45 heavy (non-hydrogen) atoms. The molecule has 258 valence electrons. The van der Waals surface area contributed by atoms with Crippen molar-refractivity contribution in [2.24, 2.45) is 65.8 Å². The molecule has 23 nitrogen and oxygen atoms in total. The van der Waals surface area contributed by atoms with Gasteiger partial charge in [-0.05, 0) is 6.42 Å². The second-order valence-electron chi connectivity index (χ2n) is 10.7. The highest BCUT2D eigenvalue weighted by Crippen LogP contribution is 2.35. The number of hydrogen-bond donors (Lipinski definition) is 15. The summed E-state index contributed by atoms with van der Waals surface area (Å²) >= 11 is 0. The number of aliphatic imine (C=N–C) groups is 4. The molecule has 23 N–H and O–H groups in total. The van der Waals surface area contributed by atoms with E-state index in [0.717, 1.165) is 0 Å². The highest BCUT2D eigenvalue weighted by Gasteiger charge is 2.54. The van der Waals surface area contributed by atoms with Crippen LogP contribution in [0.25, 0.3) is 0 Å². The summed E-state index contributed by atoms with van der Waals surface area (Å²) in [5, 5.41) is 73.8. The van der Waals surface area contributed by atoms with E-state index in [1.54, 1.807) is 0 Å². The fourth-order valence-corrected chi connectivity index (χ4v) is 5.29. The predicted octanol–water partition coefficient (Wildman–Crippen LogP) is -10.0. The maximum atomic E-state index is 11.4. The Bertz CT molecular complexity index is 1100. The molecule has 0 aromatic carbocycles. The van der Waals surface area contributed by atoms with Crippen LogP contribution in [0.5, 0.6) is 0 Å². The number of ether oxygens (including phenoxy) is 4. The van der Waals surface area contributed by atoms with Gasteiger partial charge in [-0.2, -0.15) is 0 Å². The minimum atomic E-state index is -1.90. The summed E-state index contributed by atoms with van der Waals surface area (Å²) in [4.78, 5) is 15.9. The summed E-state index contributed by atoms with van der Waals surface area (Å²) in [7, 11) is 0.